The first-order valence-electron chi connectivity index (χ1n) is 6.94. The Bertz CT molecular complexity index is 564. The van der Waals surface area contributed by atoms with E-state index >= 15 is 0 Å². The number of carboxylic acids is 1. The molecule has 0 heterocycles. The third-order valence-corrected chi connectivity index (χ3v) is 3.16. The average molecular weight is 298 g/mol. The van der Waals surface area contributed by atoms with E-state index in [0.29, 0.717) is 11.5 Å². The number of carboxylic acid groups (broad SMARTS) is 1. The van der Waals surface area contributed by atoms with Crippen LogP contribution in [0.4, 0.5) is 0 Å². The molecule has 0 aromatic heterocycles. The van der Waals surface area contributed by atoms with Crippen LogP contribution in [0, 0.1) is 5.92 Å². The lowest BCUT2D eigenvalue weighted by Gasteiger charge is -2.18. The second-order valence-corrected chi connectivity index (χ2v) is 4.78. The molecular formula is C18H18O4. The monoisotopic (exact) mass is 298 g/mol. The topological polar surface area (TPSA) is 55.8 Å². The van der Waals surface area contributed by atoms with Crippen LogP contribution in [0.15, 0.2) is 72.8 Å². The van der Waals surface area contributed by atoms with Crippen LogP contribution in [0.3, 0.4) is 0 Å². The molecule has 0 aliphatic carbocycles. The van der Waals surface area contributed by atoms with E-state index in [1.165, 1.54) is 0 Å². The Morgan fingerprint density at radius 1 is 0.909 bits per heavy atom. The van der Waals surface area contributed by atoms with Crippen molar-refractivity contribution in [3.8, 4) is 11.5 Å². The van der Waals surface area contributed by atoms with Crippen molar-refractivity contribution in [1.29, 1.82) is 0 Å². The predicted molar refractivity (Wildman–Crippen MR) is 84.1 cm³/mol. The van der Waals surface area contributed by atoms with Crippen LogP contribution in [0.25, 0.3) is 0 Å². The summed E-state index contributed by atoms with van der Waals surface area (Å²) < 4.78 is 11.2. The molecule has 0 bridgehead atoms. The Balaban J connectivity index is 1.96. The van der Waals surface area contributed by atoms with Gasteiger partial charge in [0.05, 0.1) is 19.1 Å². The minimum absolute atomic E-state index is 0.0758. The molecule has 4 nitrogen and oxygen atoms in total. The van der Waals surface area contributed by atoms with Gasteiger partial charge in [-0.25, -0.2) is 4.79 Å². The first kappa shape index (κ1) is 15.6. The van der Waals surface area contributed by atoms with Gasteiger partial charge in [-0.2, -0.15) is 0 Å². The number of rotatable bonds is 8. The standard InChI is InChI=1S/C18H18O4/c1-14(18(19)20)15(12-21-16-8-4-2-5-9-16)13-22-17-10-6-3-7-11-17/h2-11,15H,1,12-13H2,(H,19,20). The molecule has 0 aliphatic rings. The van der Waals surface area contributed by atoms with Crippen molar-refractivity contribution in [2.45, 2.75) is 0 Å². The summed E-state index contributed by atoms with van der Waals surface area (Å²) in [4.78, 5) is 11.2. The highest BCUT2D eigenvalue weighted by Crippen LogP contribution is 2.17. The summed E-state index contributed by atoms with van der Waals surface area (Å²) in [5, 5.41) is 9.14. The summed E-state index contributed by atoms with van der Waals surface area (Å²) in [6.07, 6.45) is 0. The third-order valence-electron chi connectivity index (χ3n) is 3.16. The number of benzene rings is 2. The molecule has 2 aromatic carbocycles. The molecule has 0 radical (unpaired) electrons. The zero-order chi connectivity index (χ0) is 15.8. The van der Waals surface area contributed by atoms with Gasteiger partial charge in [0.15, 0.2) is 0 Å². The van der Waals surface area contributed by atoms with Crippen molar-refractivity contribution >= 4 is 5.97 Å². The fourth-order valence-electron chi connectivity index (χ4n) is 1.85. The molecule has 2 rings (SSSR count). The average Bonchev–Trinajstić information content (AvgIpc) is 2.56. The van der Waals surface area contributed by atoms with E-state index < -0.39 is 11.9 Å². The van der Waals surface area contributed by atoms with Gasteiger partial charge >= 0.3 is 5.97 Å². The molecule has 0 aliphatic heterocycles. The zero-order valence-electron chi connectivity index (χ0n) is 12.1. The predicted octanol–water partition coefficient (Wildman–Crippen LogP) is 3.40. The molecule has 0 unspecified atom stereocenters. The van der Waals surface area contributed by atoms with Crippen molar-refractivity contribution in [2.75, 3.05) is 13.2 Å². The fourth-order valence-corrected chi connectivity index (χ4v) is 1.85. The van der Waals surface area contributed by atoms with Crippen LogP contribution >= 0.6 is 0 Å². The van der Waals surface area contributed by atoms with Gasteiger partial charge in [-0.05, 0) is 24.3 Å². The summed E-state index contributed by atoms with van der Waals surface area (Å²) >= 11 is 0. The van der Waals surface area contributed by atoms with Gasteiger partial charge in [-0.3, -0.25) is 0 Å². The zero-order valence-corrected chi connectivity index (χ0v) is 12.1. The van der Waals surface area contributed by atoms with E-state index in [4.69, 9.17) is 14.6 Å². The highest BCUT2D eigenvalue weighted by Gasteiger charge is 2.20. The summed E-state index contributed by atoms with van der Waals surface area (Å²) in [5.41, 5.74) is 0.0758. The van der Waals surface area contributed by atoms with Gasteiger partial charge in [0.2, 0.25) is 0 Å². The van der Waals surface area contributed by atoms with Crippen LogP contribution in [0.2, 0.25) is 0 Å². The highest BCUT2D eigenvalue weighted by molar-refractivity contribution is 5.86. The fraction of sp³-hybridized carbons (Fsp3) is 0.167. The maximum absolute atomic E-state index is 11.2. The van der Waals surface area contributed by atoms with E-state index in [9.17, 15) is 4.79 Å². The van der Waals surface area contributed by atoms with Crippen molar-refractivity contribution < 1.29 is 19.4 Å². The van der Waals surface area contributed by atoms with Gasteiger partial charge in [0, 0.05) is 5.57 Å². The van der Waals surface area contributed by atoms with E-state index in [-0.39, 0.29) is 18.8 Å². The lowest BCUT2D eigenvalue weighted by atomic mass is 10.0. The normalized spacial score (nSPS) is 10.2. The molecule has 0 amide bonds. The smallest absolute Gasteiger partial charge is 0.331 e. The van der Waals surface area contributed by atoms with Gasteiger partial charge in [-0.1, -0.05) is 43.0 Å². The van der Waals surface area contributed by atoms with Crippen molar-refractivity contribution in [2.24, 2.45) is 5.92 Å². The number of aliphatic carboxylic acids is 1. The molecule has 0 fully saturated rings. The van der Waals surface area contributed by atoms with E-state index in [1.54, 1.807) is 0 Å². The Morgan fingerprint density at radius 3 is 1.68 bits per heavy atom. The number of ether oxygens (including phenoxy) is 2. The van der Waals surface area contributed by atoms with E-state index in [1.807, 2.05) is 60.7 Å². The maximum atomic E-state index is 11.2. The van der Waals surface area contributed by atoms with Crippen LogP contribution < -0.4 is 9.47 Å². The van der Waals surface area contributed by atoms with Crippen molar-refractivity contribution in [1.82, 2.24) is 0 Å². The van der Waals surface area contributed by atoms with Crippen LogP contribution in [-0.2, 0) is 4.79 Å². The van der Waals surface area contributed by atoms with Gasteiger partial charge in [-0.15, -0.1) is 0 Å². The third kappa shape index (κ3) is 4.66. The Morgan fingerprint density at radius 2 is 1.32 bits per heavy atom. The number of para-hydroxylation sites is 2. The number of hydrogen-bond acceptors (Lipinski definition) is 3. The second-order valence-electron chi connectivity index (χ2n) is 4.78. The largest absolute Gasteiger partial charge is 0.493 e. The highest BCUT2D eigenvalue weighted by atomic mass is 16.5. The summed E-state index contributed by atoms with van der Waals surface area (Å²) in [7, 11) is 0. The molecule has 22 heavy (non-hydrogen) atoms. The minimum atomic E-state index is -1.04. The van der Waals surface area contributed by atoms with Crippen LogP contribution in [-0.4, -0.2) is 24.3 Å². The Kier molecular flexibility index (Phi) is 5.60. The molecule has 2 aromatic rings. The van der Waals surface area contributed by atoms with Crippen LogP contribution in [0.1, 0.15) is 0 Å². The second kappa shape index (κ2) is 7.88. The van der Waals surface area contributed by atoms with Crippen LogP contribution in [0.5, 0.6) is 11.5 Å². The quantitative estimate of drug-likeness (QED) is 0.759. The first-order valence-corrected chi connectivity index (χ1v) is 6.94. The van der Waals surface area contributed by atoms with Gasteiger partial charge in [0.1, 0.15) is 11.5 Å². The number of carbonyl (C=O) groups is 1. The minimum Gasteiger partial charge on any atom is -0.493 e. The Hall–Kier alpha value is -2.75. The van der Waals surface area contributed by atoms with Crippen molar-refractivity contribution in [3.63, 3.8) is 0 Å². The lowest BCUT2D eigenvalue weighted by Crippen LogP contribution is -2.25. The molecule has 4 heteroatoms. The summed E-state index contributed by atoms with van der Waals surface area (Å²) in [5.74, 6) is -0.105. The van der Waals surface area contributed by atoms with Gasteiger partial charge in [0.25, 0.3) is 0 Å². The van der Waals surface area contributed by atoms with Crippen molar-refractivity contribution in [3.05, 3.63) is 72.8 Å². The summed E-state index contributed by atoms with van der Waals surface area (Å²) in [6, 6.07) is 18.5. The molecule has 0 saturated carbocycles. The molecule has 1 N–H and O–H groups in total. The Labute approximate surface area is 129 Å². The molecular weight excluding hydrogens is 280 g/mol. The summed E-state index contributed by atoms with van der Waals surface area (Å²) in [6.45, 7) is 4.01. The lowest BCUT2D eigenvalue weighted by molar-refractivity contribution is -0.133. The molecule has 0 atom stereocenters. The van der Waals surface area contributed by atoms with E-state index in [2.05, 4.69) is 6.58 Å². The molecule has 0 saturated heterocycles. The number of hydrogen-bond donors (Lipinski definition) is 1. The van der Waals surface area contributed by atoms with Gasteiger partial charge < -0.3 is 14.6 Å². The van der Waals surface area contributed by atoms with E-state index in [0.717, 1.165) is 0 Å². The maximum Gasteiger partial charge on any atom is 0.331 e. The first-order chi connectivity index (χ1) is 10.7. The molecule has 0 spiro atoms. The SMILES string of the molecule is C=C(C(=O)O)C(COc1ccccc1)COc1ccccc1. The molecule has 114 valence electrons.